The number of benzene rings is 1. The number of carbonyl (C=O) groups is 2. The van der Waals surface area contributed by atoms with Crippen molar-refractivity contribution in [2.75, 3.05) is 36.4 Å². The zero-order valence-electron chi connectivity index (χ0n) is 15.4. The predicted octanol–water partition coefficient (Wildman–Crippen LogP) is 2.55. The number of amides is 2. The number of rotatable bonds is 4. The minimum absolute atomic E-state index is 0.181. The molecular weight excluding hydrogens is 362 g/mol. The molecule has 1 saturated carbocycles. The molecule has 0 unspecified atom stereocenters. The Labute approximate surface area is 162 Å². The van der Waals surface area contributed by atoms with Crippen LogP contribution in [0.4, 0.5) is 11.4 Å². The van der Waals surface area contributed by atoms with Crippen LogP contribution in [-0.4, -0.2) is 52.5 Å². The Morgan fingerprint density at radius 3 is 2.56 bits per heavy atom. The number of hydrogen-bond acceptors (Lipinski definition) is 6. The van der Waals surface area contributed by atoms with Crippen molar-refractivity contribution < 1.29 is 9.59 Å². The predicted molar refractivity (Wildman–Crippen MR) is 105 cm³/mol. The number of aryl methyl sites for hydroxylation is 1. The molecule has 2 heterocycles. The Morgan fingerprint density at radius 2 is 1.89 bits per heavy atom. The lowest BCUT2D eigenvalue weighted by molar-refractivity contribution is -0.132. The standard InChI is InChI=1S/C19H23N5O2S/c1-13-17(27-22-21-13)18(25)20-15-5-7-16(8-6-15)23-9-2-10-24(12-11-23)19(26)14-3-4-14/h5-8,14H,2-4,9-12H2,1H3,(H,20,25). The second-order valence-corrected chi connectivity index (χ2v) is 7.88. The molecular formula is C19H23N5O2S. The fraction of sp³-hybridized carbons (Fsp3) is 0.474. The van der Waals surface area contributed by atoms with E-state index >= 15 is 0 Å². The number of hydrogen-bond donors (Lipinski definition) is 1. The molecule has 0 atom stereocenters. The first-order valence-electron chi connectivity index (χ1n) is 9.36. The molecule has 7 nitrogen and oxygen atoms in total. The Hall–Kier alpha value is -2.48. The van der Waals surface area contributed by atoms with Gasteiger partial charge in [-0.05, 0) is 62.0 Å². The summed E-state index contributed by atoms with van der Waals surface area (Å²) in [6.07, 6.45) is 3.10. The van der Waals surface area contributed by atoms with E-state index in [0.29, 0.717) is 16.5 Å². The van der Waals surface area contributed by atoms with E-state index in [-0.39, 0.29) is 11.8 Å². The maximum atomic E-state index is 12.3. The lowest BCUT2D eigenvalue weighted by atomic mass is 10.2. The first-order chi connectivity index (χ1) is 13.1. The molecule has 8 heteroatoms. The van der Waals surface area contributed by atoms with Gasteiger partial charge < -0.3 is 15.1 Å². The summed E-state index contributed by atoms with van der Waals surface area (Å²) in [6, 6.07) is 7.86. The average molecular weight is 385 g/mol. The number of nitrogens with one attached hydrogen (secondary N) is 1. The van der Waals surface area contributed by atoms with Gasteiger partial charge in [-0.25, -0.2) is 0 Å². The second-order valence-electron chi connectivity index (χ2n) is 7.13. The van der Waals surface area contributed by atoms with Crippen LogP contribution in [0.2, 0.25) is 0 Å². The fourth-order valence-corrected chi connectivity index (χ4v) is 3.92. The van der Waals surface area contributed by atoms with E-state index in [4.69, 9.17) is 0 Å². The van der Waals surface area contributed by atoms with Gasteiger partial charge in [-0.1, -0.05) is 4.49 Å². The van der Waals surface area contributed by atoms with E-state index in [1.54, 1.807) is 6.92 Å². The van der Waals surface area contributed by atoms with Crippen LogP contribution >= 0.6 is 11.5 Å². The molecule has 4 rings (SSSR count). The van der Waals surface area contributed by atoms with Gasteiger partial charge in [-0.3, -0.25) is 9.59 Å². The maximum absolute atomic E-state index is 12.3. The van der Waals surface area contributed by atoms with Crippen LogP contribution in [0.15, 0.2) is 24.3 Å². The van der Waals surface area contributed by atoms with Crippen LogP contribution in [-0.2, 0) is 4.79 Å². The molecule has 27 heavy (non-hydrogen) atoms. The van der Waals surface area contributed by atoms with Crippen molar-refractivity contribution in [1.82, 2.24) is 14.5 Å². The van der Waals surface area contributed by atoms with E-state index in [2.05, 4.69) is 19.8 Å². The van der Waals surface area contributed by atoms with Gasteiger partial charge in [0, 0.05) is 43.5 Å². The van der Waals surface area contributed by atoms with E-state index < -0.39 is 0 Å². The highest BCUT2D eigenvalue weighted by Gasteiger charge is 2.33. The van der Waals surface area contributed by atoms with E-state index in [0.717, 1.165) is 68.3 Å². The Kier molecular flexibility index (Phi) is 5.07. The zero-order valence-corrected chi connectivity index (χ0v) is 16.2. The molecule has 0 bridgehead atoms. The largest absolute Gasteiger partial charge is 0.370 e. The molecule has 1 aromatic carbocycles. The van der Waals surface area contributed by atoms with Gasteiger partial charge in [0.1, 0.15) is 4.88 Å². The quantitative estimate of drug-likeness (QED) is 0.875. The molecule has 0 radical (unpaired) electrons. The smallest absolute Gasteiger partial charge is 0.269 e. The van der Waals surface area contributed by atoms with Crippen LogP contribution < -0.4 is 10.2 Å². The summed E-state index contributed by atoms with van der Waals surface area (Å²) < 4.78 is 3.80. The molecule has 1 saturated heterocycles. The summed E-state index contributed by atoms with van der Waals surface area (Å²) in [6.45, 7) is 5.19. The van der Waals surface area contributed by atoms with E-state index in [1.165, 1.54) is 0 Å². The van der Waals surface area contributed by atoms with Crippen molar-refractivity contribution in [2.45, 2.75) is 26.2 Å². The minimum atomic E-state index is -0.181. The third-order valence-corrected chi connectivity index (χ3v) is 5.91. The molecule has 1 aliphatic heterocycles. The normalized spacial score (nSPS) is 17.5. The van der Waals surface area contributed by atoms with Crippen LogP contribution in [0.5, 0.6) is 0 Å². The van der Waals surface area contributed by atoms with Crippen LogP contribution in [0.1, 0.15) is 34.6 Å². The highest BCUT2D eigenvalue weighted by molar-refractivity contribution is 7.08. The van der Waals surface area contributed by atoms with Gasteiger partial charge in [0.05, 0.1) is 5.69 Å². The average Bonchev–Trinajstić information content (AvgIpc) is 3.47. The number of aromatic nitrogens is 2. The Bertz CT molecular complexity index is 831. The summed E-state index contributed by atoms with van der Waals surface area (Å²) in [7, 11) is 0. The van der Waals surface area contributed by atoms with Gasteiger partial charge >= 0.3 is 0 Å². The Balaban J connectivity index is 1.36. The van der Waals surface area contributed by atoms with Crippen LogP contribution in [0.25, 0.3) is 0 Å². The van der Waals surface area contributed by atoms with Gasteiger partial charge in [-0.15, -0.1) is 5.10 Å². The van der Waals surface area contributed by atoms with Crippen LogP contribution in [0.3, 0.4) is 0 Å². The SMILES string of the molecule is Cc1nnsc1C(=O)Nc1ccc(N2CCCN(C(=O)C3CC3)CC2)cc1. The zero-order chi connectivity index (χ0) is 18.8. The van der Waals surface area contributed by atoms with Crippen molar-refractivity contribution in [3.05, 3.63) is 34.8 Å². The Morgan fingerprint density at radius 1 is 1.11 bits per heavy atom. The van der Waals surface area contributed by atoms with Crippen molar-refractivity contribution in [3.8, 4) is 0 Å². The second kappa shape index (κ2) is 7.64. The van der Waals surface area contributed by atoms with Crippen molar-refractivity contribution in [1.29, 1.82) is 0 Å². The topological polar surface area (TPSA) is 78.4 Å². The summed E-state index contributed by atoms with van der Waals surface area (Å²) in [5.41, 5.74) is 2.50. The van der Waals surface area contributed by atoms with E-state index in [9.17, 15) is 9.59 Å². The van der Waals surface area contributed by atoms with Gasteiger partial charge in [0.15, 0.2) is 0 Å². The molecule has 1 aliphatic carbocycles. The summed E-state index contributed by atoms with van der Waals surface area (Å²) in [5.74, 6) is 0.443. The van der Waals surface area contributed by atoms with Crippen molar-refractivity contribution >= 4 is 34.7 Å². The molecule has 1 aromatic heterocycles. The lowest BCUT2D eigenvalue weighted by Crippen LogP contribution is -2.36. The molecule has 2 amide bonds. The van der Waals surface area contributed by atoms with Crippen molar-refractivity contribution in [2.24, 2.45) is 5.92 Å². The van der Waals surface area contributed by atoms with Crippen LogP contribution in [0, 0.1) is 12.8 Å². The third-order valence-electron chi connectivity index (χ3n) is 5.08. The summed E-state index contributed by atoms with van der Waals surface area (Å²) >= 11 is 1.10. The molecule has 142 valence electrons. The highest BCUT2D eigenvalue weighted by Crippen LogP contribution is 2.31. The van der Waals surface area contributed by atoms with Gasteiger partial charge in [0.2, 0.25) is 5.91 Å². The monoisotopic (exact) mass is 385 g/mol. The lowest BCUT2D eigenvalue weighted by Gasteiger charge is -2.24. The third kappa shape index (κ3) is 4.10. The highest BCUT2D eigenvalue weighted by atomic mass is 32.1. The summed E-state index contributed by atoms with van der Waals surface area (Å²) in [4.78, 5) is 29.4. The fourth-order valence-electron chi connectivity index (χ4n) is 3.37. The van der Waals surface area contributed by atoms with Gasteiger partial charge in [-0.2, -0.15) is 0 Å². The van der Waals surface area contributed by atoms with Gasteiger partial charge in [0.25, 0.3) is 5.91 Å². The molecule has 2 aromatic rings. The number of carbonyl (C=O) groups excluding carboxylic acids is 2. The maximum Gasteiger partial charge on any atom is 0.269 e. The van der Waals surface area contributed by atoms with E-state index in [1.807, 2.05) is 29.2 Å². The molecule has 0 spiro atoms. The molecule has 1 N–H and O–H groups in total. The number of anilines is 2. The first kappa shape index (κ1) is 17.9. The molecule has 2 aliphatic rings. The molecule has 2 fully saturated rings. The summed E-state index contributed by atoms with van der Waals surface area (Å²) in [5, 5.41) is 6.76. The number of nitrogens with zero attached hydrogens (tertiary/aromatic N) is 4. The van der Waals surface area contributed by atoms with Crippen molar-refractivity contribution in [3.63, 3.8) is 0 Å². The minimum Gasteiger partial charge on any atom is -0.370 e. The first-order valence-corrected chi connectivity index (χ1v) is 10.1.